The molecule has 0 amide bonds. The van der Waals surface area contributed by atoms with Gasteiger partial charge in [-0.05, 0) is 36.4 Å². The first-order valence-corrected chi connectivity index (χ1v) is 29.1. The summed E-state index contributed by atoms with van der Waals surface area (Å²) in [4.78, 5) is 0. The van der Waals surface area contributed by atoms with Gasteiger partial charge in [-0.3, -0.25) is 0 Å². The molecule has 0 aliphatic heterocycles. The molecule has 0 saturated heterocycles. The summed E-state index contributed by atoms with van der Waals surface area (Å²) in [6.45, 7) is 28.8. The Labute approximate surface area is 418 Å². The number of hydrogen-bond donors (Lipinski definition) is 0. The van der Waals surface area contributed by atoms with Gasteiger partial charge in [0.2, 0.25) is 0 Å². The van der Waals surface area contributed by atoms with Gasteiger partial charge in [0.05, 0.1) is 7.92 Å². The van der Waals surface area contributed by atoms with Crippen molar-refractivity contribution in [2.45, 2.75) is 124 Å². The van der Waals surface area contributed by atoms with Crippen molar-refractivity contribution in [3.05, 3.63) is 179 Å². The molecule has 6 rings (SSSR count). The Bertz CT molecular complexity index is 2170. The van der Waals surface area contributed by atoms with Gasteiger partial charge in [0.1, 0.15) is 15.9 Å². The molecular formula is C55H68AuF3O4PSSb+. The van der Waals surface area contributed by atoms with E-state index in [1.165, 1.54) is 15.9 Å². The third-order valence-electron chi connectivity index (χ3n) is 11.2. The van der Waals surface area contributed by atoms with Crippen molar-refractivity contribution in [2.75, 3.05) is 0 Å². The molecule has 0 aliphatic carbocycles. The summed E-state index contributed by atoms with van der Waals surface area (Å²) in [5, 5.41) is 4.31. The standard InChI is InChI=1S/C18H15P.3C12H17.CHF3O3S.Au.H2O.Sb/c1-4-10-16(11-5-1)19(17-12-6-2-7-13-17)18-14-8-3-9-15-18;3*1-9(2)11-6-5-7-12(8-11)10(3)4;2-1(3,4)8(5,6)7;;;/h1-15H;3*5-7,9-10H,1-4H3;(H,5,6,7);;1H2;/q;;;;;+1;;+1/p-1. The average Bonchev–Trinajstić information content (AvgIpc) is 3.24. The second-order valence-corrected chi connectivity index (χ2v) is 27.6. The van der Waals surface area contributed by atoms with Crippen LogP contribution in [0.15, 0.2) is 146 Å². The van der Waals surface area contributed by atoms with Gasteiger partial charge in [0.15, 0.2) is 10.1 Å². The van der Waals surface area contributed by atoms with Gasteiger partial charge < -0.3 is 10.0 Å². The summed E-state index contributed by atoms with van der Waals surface area (Å²) in [5.41, 5.74) is 3.83. The molecule has 1 radical (unpaired) electrons. The molecule has 0 aliphatic rings. The van der Waals surface area contributed by atoms with Gasteiger partial charge in [-0.15, -0.1) is 0 Å². The van der Waals surface area contributed by atoms with Crippen molar-refractivity contribution in [2.24, 2.45) is 0 Å². The molecule has 0 unspecified atom stereocenters. The van der Waals surface area contributed by atoms with Gasteiger partial charge in [-0.25, -0.2) is 8.42 Å². The Morgan fingerprint density at radius 3 is 0.742 bits per heavy atom. The molecule has 0 saturated carbocycles. The fraction of sp³-hybridized carbons (Fsp3) is 0.345. The number of halogens is 3. The van der Waals surface area contributed by atoms with Gasteiger partial charge in [-0.1, -0.05) is 54.6 Å². The van der Waals surface area contributed by atoms with Gasteiger partial charge in [0, 0.05) is 0 Å². The smallest absolute Gasteiger partial charge is 0.870 e. The van der Waals surface area contributed by atoms with Crippen LogP contribution in [0.5, 0.6) is 0 Å². The van der Waals surface area contributed by atoms with Gasteiger partial charge in [0.25, 0.3) is 0 Å². The quantitative estimate of drug-likeness (QED) is 0.0529. The van der Waals surface area contributed by atoms with Crippen molar-refractivity contribution in [1.82, 2.24) is 0 Å². The third-order valence-corrected chi connectivity index (χ3v) is 22.7. The Balaban J connectivity index is 0.000000427. The number of benzene rings is 6. The average molecular weight is 1230 g/mol. The molecule has 0 bridgehead atoms. The van der Waals surface area contributed by atoms with E-state index in [9.17, 15) is 13.2 Å². The predicted octanol–water partition coefficient (Wildman–Crippen LogP) is 12.0. The summed E-state index contributed by atoms with van der Waals surface area (Å²) >= 11 is -2.55. The van der Waals surface area contributed by atoms with Crippen LogP contribution in [0.25, 0.3) is 0 Å². The minimum absolute atomic E-state index is 0. The number of alkyl halides is 3. The molecule has 0 spiro atoms. The fourth-order valence-electron chi connectivity index (χ4n) is 7.96. The molecule has 0 heterocycles. The fourth-order valence-corrected chi connectivity index (χ4v) is 22.6. The molecule has 0 aromatic heterocycles. The van der Waals surface area contributed by atoms with Crippen LogP contribution in [0.4, 0.5) is 13.2 Å². The Hall–Kier alpha value is -3.03. The van der Waals surface area contributed by atoms with Crippen LogP contribution in [-0.2, 0) is 32.5 Å². The van der Waals surface area contributed by atoms with Crippen LogP contribution in [-0.4, -0.2) is 44.2 Å². The van der Waals surface area contributed by atoms with Crippen LogP contribution in [0, 0.1) is 0 Å². The Kier molecular flexibility index (Phi) is 23.9. The molecule has 0 atom stereocenters. The first kappa shape index (κ1) is 59.1. The molecule has 1 N–H and O–H groups in total. The van der Waals surface area contributed by atoms with E-state index in [0.29, 0.717) is 35.5 Å². The number of rotatable bonds is 12. The second kappa shape index (κ2) is 26.7. The van der Waals surface area contributed by atoms with E-state index in [1.54, 1.807) is 43.9 Å². The normalized spacial score (nSPS) is 11.7. The zero-order valence-electron chi connectivity index (χ0n) is 40.3. The van der Waals surface area contributed by atoms with Gasteiger partial charge >= 0.3 is 265 Å². The van der Waals surface area contributed by atoms with E-state index >= 15 is 0 Å². The summed E-state index contributed by atoms with van der Waals surface area (Å²) in [6.07, 6.45) is 0. The maximum atomic E-state index is 10.7. The van der Waals surface area contributed by atoms with Crippen molar-refractivity contribution in [3.63, 3.8) is 0 Å². The van der Waals surface area contributed by atoms with Crippen LogP contribution in [0.1, 0.15) is 152 Å². The summed E-state index contributed by atoms with van der Waals surface area (Å²) in [7, 11) is -6.97. The van der Waals surface area contributed by atoms with Crippen molar-refractivity contribution in [1.29, 1.82) is 0 Å². The molecule has 0 fully saturated rings. The topological polar surface area (TPSA) is 87.2 Å². The van der Waals surface area contributed by atoms with Crippen molar-refractivity contribution in [3.8, 4) is 0 Å². The number of hydrogen-bond acceptors (Lipinski definition) is 4. The predicted molar refractivity (Wildman–Crippen MR) is 273 cm³/mol. The molecular weight excluding hydrogens is 1160 g/mol. The zero-order valence-corrected chi connectivity index (χ0v) is 46.8. The maximum absolute atomic E-state index is 10.7. The second-order valence-electron chi connectivity index (χ2n) is 18.0. The van der Waals surface area contributed by atoms with E-state index in [2.05, 4.69) is 229 Å². The van der Waals surface area contributed by atoms with Crippen molar-refractivity contribution >= 4 is 64.7 Å². The zero-order chi connectivity index (χ0) is 47.5. The molecule has 6 aromatic rings. The molecule has 6 aromatic carbocycles. The first-order valence-electron chi connectivity index (χ1n) is 22.3. The molecule has 66 heavy (non-hydrogen) atoms. The first-order chi connectivity index (χ1) is 30.1. The monoisotopic (exact) mass is 1230 g/mol. The van der Waals surface area contributed by atoms with E-state index < -0.39 is 43.8 Å². The third kappa shape index (κ3) is 15.2. The van der Waals surface area contributed by atoms with Gasteiger partial charge in [-0.2, -0.15) is 13.2 Å². The summed E-state index contributed by atoms with van der Waals surface area (Å²) < 4.78 is 64.1. The summed E-state index contributed by atoms with van der Waals surface area (Å²) in [6, 6.07) is 54.1. The largest absolute Gasteiger partial charge is 1.00 e. The SMILES string of the molecule is CC(C)c1cccc(C(C)C)[c]1[Sb+]([c]1c(C(C)C)cccc1C(C)C)[c]1c(C(C)C)cccc1C(C)C.O=S(=O)([O-])C(F)(F)F.[Au+].[OH-].c1ccc([PH+](c2ccccc2)c2ccccc2)cc1. The minimum atomic E-state index is -6.09. The van der Waals surface area contributed by atoms with E-state index in [-0.39, 0.29) is 27.9 Å². The van der Waals surface area contributed by atoms with Crippen LogP contribution in [0.2, 0.25) is 0 Å². The molecule has 359 valence electrons. The van der Waals surface area contributed by atoms with Crippen LogP contribution < -0.4 is 26.4 Å². The van der Waals surface area contributed by atoms with Crippen molar-refractivity contribution < 1.29 is 54.0 Å². The van der Waals surface area contributed by atoms with E-state index in [1.807, 2.05) is 0 Å². The Morgan fingerprint density at radius 1 is 0.409 bits per heavy atom. The summed E-state index contributed by atoms with van der Waals surface area (Å²) in [5.74, 6) is 3.02. The Morgan fingerprint density at radius 2 is 0.591 bits per heavy atom. The van der Waals surface area contributed by atoms with E-state index in [0.717, 1.165) is 0 Å². The van der Waals surface area contributed by atoms with Crippen LogP contribution in [0.3, 0.4) is 0 Å². The minimum Gasteiger partial charge on any atom is -0.870 e. The van der Waals surface area contributed by atoms with E-state index in [4.69, 9.17) is 13.0 Å². The maximum Gasteiger partial charge on any atom is 1.00 e. The molecule has 4 nitrogen and oxygen atoms in total. The van der Waals surface area contributed by atoms with Crippen LogP contribution >= 0.6 is 7.92 Å². The molecule has 11 heteroatoms.